The summed E-state index contributed by atoms with van der Waals surface area (Å²) < 4.78 is 5.59. The van der Waals surface area contributed by atoms with E-state index in [4.69, 9.17) is 10.5 Å². The molecule has 0 radical (unpaired) electrons. The van der Waals surface area contributed by atoms with Crippen molar-refractivity contribution in [1.29, 1.82) is 0 Å². The predicted octanol–water partition coefficient (Wildman–Crippen LogP) is 1.83. The molecule has 3 unspecified atom stereocenters. The van der Waals surface area contributed by atoms with Crippen LogP contribution in [0.15, 0.2) is 24.3 Å². The maximum Gasteiger partial charge on any atom is 0.121 e. The smallest absolute Gasteiger partial charge is 0.121 e. The van der Waals surface area contributed by atoms with Gasteiger partial charge in [-0.05, 0) is 19.1 Å². The van der Waals surface area contributed by atoms with Crippen molar-refractivity contribution in [2.24, 2.45) is 0 Å². The lowest BCUT2D eigenvalue weighted by Crippen LogP contribution is -2.48. The minimum atomic E-state index is -0.478. The largest absolute Gasteiger partial charge is 0.491 e. The Morgan fingerprint density at radius 2 is 2.30 bits per heavy atom. The summed E-state index contributed by atoms with van der Waals surface area (Å²) in [6.45, 7) is 6.47. The molecule has 0 amide bonds. The van der Waals surface area contributed by atoms with E-state index in [0.29, 0.717) is 35.9 Å². The molecule has 1 aromatic carbocycles. The first-order valence-electron chi connectivity index (χ1n) is 7.08. The number of nitrogens with two attached hydrogens (primary N) is 1. The molecule has 3 N–H and O–H groups in total. The number of ether oxygens (including phenoxy) is 1. The fourth-order valence-corrected chi connectivity index (χ4v) is 3.54. The van der Waals surface area contributed by atoms with Crippen molar-refractivity contribution in [2.45, 2.75) is 31.2 Å². The van der Waals surface area contributed by atoms with E-state index < -0.39 is 6.10 Å². The summed E-state index contributed by atoms with van der Waals surface area (Å²) in [7, 11) is 0. The number of thioether (sulfide) groups is 1. The number of hydrogen-bond donors (Lipinski definition) is 2. The lowest BCUT2D eigenvalue weighted by atomic mass is 10.2. The van der Waals surface area contributed by atoms with Crippen molar-refractivity contribution < 1.29 is 9.84 Å². The van der Waals surface area contributed by atoms with Gasteiger partial charge in [-0.1, -0.05) is 13.0 Å². The van der Waals surface area contributed by atoms with Crippen LogP contribution in [0.5, 0.6) is 5.75 Å². The van der Waals surface area contributed by atoms with Gasteiger partial charge in [0.1, 0.15) is 18.5 Å². The Balaban J connectivity index is 1.79. The van der Waals surface area contributed by atoms with Crippen LogP contribution < -0.4 is 10.5 Å². The molecule has 1 aliphatic heterocycles. The summed E-state index contributed by atoms with van der Waals surface area (Å²) in [5.41, 5.74) is 6.37. The van der Waals surface area contributed by atoms with Gasteiger partial charge in [-0.25, -0.2) is 0 Å². The molecule has 0 spiro atoms. The fourth-order valence-electron chi connectivity index (χ4n) is 2.37. The third kappa shape index (κ3) is 4.30. The van der Waals surface area contributed by atoms with Crippen LogP contribution in [0.3, 0.4) is 0 Å². The molecule has 0 aliphatic carbocycles. The Kier molecular flexibility index (Phi) is 5.57. The van der Waals surface area contributed by atoms with E-state index in [1.165, 1.54) is 0 Å². The Morgan fingerprint density at radius 1 is 1.50 bits per heavy atom. The van der Waals surface area contributed by atoms with Gasteiger partial charge in [-0.3, -0.25) is 4.90 Å². The molecule has 1 fully saturated rings. The molecule has 1 heterocycles. The first-order chi connectivity index (χ1) is 9.56. The molecule has 5 heteroatoms. The van der Waals surface area contributed by atoms with E-state index in [2.05, 4.69) is 18.7 Å². The van der Waals surface area contributed by atoms with Gasteiger partial charge in [-0.2, -0.15) is 11.8 Å². The zero-order valence-corrected chi connectivity index (χ0v) is 13.0. The summed E-state index contributed by atoms with van der Waals surface area (Å²) >= 11 is 2.00. The zero-order valence-electron chi connectivity index (χ0n) is 12.2. The van der Waals surface area contributed by atoms with Crippen LogP contribution in [-0.2, 0) is 0 Å². The van der Waals surface area contributed by atoms with Crippen molar-refractivity contribution in [1.82, 2.24) is 4.90 Å². The van der Waals surface area contributed by atoms with Gasteiger partial charge < -0.3 is 15.6 Å². The normalized spacial score (nSPS) is 25.4. The van der Waals surface area contributed by atoms with Crippen LogP contribution in [0.4, 0.5) is 5.69 Å². The number of β-amino-alcohol motifs (C(OH)–C–C–N with tert-alkyl or cyclic N) is 1. The number of hydrogen-bond acceptors (Lipinski definition) is 5. The van der Waals surface area contributed by atoms with E-state index >= 15 is 0 Å². The van der Waals surface area contributed by atoms with Crippen LogP contribution in [0.25, 0.3) is 0 Å². The van der Waals surface area contributed by atoms with Crippen molar-refractivity contribution in [3.8, 4) is 5.75 Å². The van der Waals surface area contributed by atoms with E-state index in [1.54, 1.807) is 6.07 Å². The van der Waals surface area contributed by atoms with Crippen LogP contribution in [0, 0.1) is 0 Å². The summed E-state index contributed by atoms with van der Waals surface area (Å²) in [4.78, 5) is 2.34. The molecule has 0 saturated carbocycles. The maximum absolute atomic E-state index is 10.1. The maximum atomic E-state index is 10.1. The van der Waals surface area contributed by atoms with Crippen molar-refractivity contribution >= 4 is 17.4 Å². The van der Waals surface area contributed by atoms with Gasteiger partial charge in [-0.15, -0.1) is 0 Å². The second-order valence-corrected chi connectivity index (χ2v) is 6.83. The van der Waals surface area contributed by atoms with Gasteiger partial charge in [0.25, 0.3) is 0 Å². The van der Waals surface area contributed by atoms with Crippen LogP contribution in [-0.4, -0.2) is 52.9 Å². The molecule has 20 heavy (non-hydrogen) atoms. The van der Waals surface area contributed by atoms with Crippen LogP contribution in [0.2, 0.25) is 0 Å². The number of benzene rings is 1. The fraction of sp³-hybridized carbons (Fsp3) is 0.600. The van der Waals surface area contributed by atoms with E-state index in [9.17, 15) is 5.11 Å². The van der Waals surface area contributed by atoms with Gasteiger partial charge >= 0.3 is 0 Å². The van der Waals surface area contributed by atoms with Gasteiger partial charge in [0.05, 0.1) is 0 Å². The molecular formula is C15H24N2O2S. The summed E-state index contributed by atoms with van der Waals surface area (Å²) in [5, 5.41) is 10.7. The summed E-state index contributed by atoms with van der Waals surface area (Å²) in [5.74, 6) is 1.84. The van der Waals surface area contributed by atoms with Crippen molar-refractivity contribution in [2.75, 3.05) is 31.2 Å². The van der Waals surface area contributed by atoms with Crippen LogP contribution >= 0.6 is 11.8 Å². The van der Waals surface area contributed by atoms with Crippen molar-refractivity contribution in [3.63, 3.8) is 0 Å². The Hall–Kier alpha value is -0.910. The van der Waals surface area contributed by atoms with E-state index in [0.717, 1.165) is 12.3 Å². The molecule has 0 aromatic heterocycles. The lowest BCUT2D eigenvalue weighted by molar-refractivity contribution is 0.0561. The molecule has 0 bridgehead atoms. The lowest BCUT2D eigenvalue weighted by Gasteiger charge is -2.38. The molecular weight excluding hydrogens is 272 g/mol. The predicted molar refractivity (Wildman–Crippen MR) is 85.3 cm³/mol. The summed E-state index contributed by atoms with van der Waals surface area (Å²) in [6.07, 6.45) is -0.478. The zero-order chi connectivity index (χ0) is 14.5. The highest BCUT2D eigenvalue weighted by atomic mass is 32.2. The topological polar surface area (TPSA) is 58.7 Å². The van der Waals surface area contributed by atoms with Crippen molar-refractivity contribution in [3.05, 3.63) is 24.3 Å². The second-order valence-electron chi connectivity index (χ2n) is 5.35. The third-order valence-electron chi connectivity index (χ3n) is 3.76. The standard InChI is InChI=1S/C15H24N2O2S/c1-11-12(2)20-7-6-17(11)9-14(18)10-19-15-5-3-4-13(16)8-15/h3-5,8,11-12,14,18H,6-7,9-10,16H2,1-2H3. The minimum absolute atomic E-state index is 0.300. The first-order valence-corrected chi connectivity index (χ1v) is 8.13. The SMILES string of the molecule is CC1SCCN(CC(O)COc2cccc(N)c2)C1C. The van der Waals surface area contributed by atoms with Gasteiger partial charge in [0, 0.05) is 41.9 Å². The molecule has 1 saturated heterocycles. The number of nitrogens with zero attached hydrogens (tertiary/aromatic N) is 1. The van der Waals surface area contributed by atoms with Gasteiger partial charge in [0.2, 0.25) is 0 Å². The quantitative estimate of drug-likeness (QED) is 0.812. The molecule has 4 nitrogen and oxygen atoms in total. The molecule has 1 aliphatic rings. The highest BCUT2D eigenvalue weighted by Crippen LogP contribution is 2.24. The van der Waals surface area contributed by atoms with E-state index in [-0.39, 0.29) is 0 Å². The van der Waals surface area contributed by atoms with Crippen LogP contribution in [0.1, 0.15) is 13.8 Å². The highest BCUT2D eigenvalue weighted by Gasteiger charge is 2.26. The van der Waals surface area contributed by atoms with Gasteiger partial charge in [0.15, 0.2) is 0 Å². The Labute approximate surface area is 125 Å². The third-order valence-corrected chi connectivity index (χ3v) is 5.10. The monoisotopic (exact) mass is 296 g/mol. The number of anilines is 1. The first kappa shape index (κ1) is 15.5. The highest BCUT2D eigenvalue weighted by molar-refractivity contribution is 8.00. The average Bonchev–Trinajstić information content (AvgIpc) is 2.42. The second kappa shape index (κ2) is 7.20. The summed E-state index contributed by atoms with van der Waals surface area (Å²) in [6, 6.07) is 7.79. The Bertz CT molecular complexity index is 430. The number of aliphatic hydroxyl groups excluding tert-OH is 1. The molecule has 3 atom stereocenters. The average molecular weight is 296 g/mol. The minimum Gasteiger partial charge on any atom is -0.491 e. The number of aliphatic hydroxyl groups is 1. The number of rotatable bonds is 5. The number of nitrogen functional groups attached to an aromatic ring is 1. The molecule has 2 rings (SSSR count). The van der Waals surface area contributed by atoms with E-state index in [1.807, 2.05) is 30.0 Å². The Morgan fingerprint density at radius 3 is 3.05 bits per heavy atom. The molecule has 112 valence electrons. The molecule has 1 aromatic rings.